The molecule has 0 spiro atoms. The van der Waals surface area contributed by atoms with Crippen LogP contribution in [0.25, 0.3) is 0 Å². The Bertz CT molecular complexity index is 147. The monoisotopic (exact) mass is 156 g/mol. The lowest BCUT2D eigenvalue weighted by molar-refractivity contribution is -0.128. The molecule has 0 saturated carbocycles. The summed E-state index contributed by atoms with van der Waals surface area (Å²) in [5, 5.41) is 0. The first kappa shape index (κ1) is 8.53. The van der Waals surface area contributed by atoms with Crippen LogP contribution in [-0.4, -0.2) is 29.9 Å². The largest absolute Gasteiger partial charge is 0.340 e. The number of nitrogens with zero attached hydrogens (tertiary/aromatic N) is 1. The number of likely N-dealkylation sites (tertiary alicyclic amines) is 1. The summed E-state index contributed by atoms with van der Waals surface area (Å²) in [6.07, 6.45) is 2.67. The molecule has 0 aromatic rings. The highest BCUT2D eigenvalue weighted by Gasteiger charge is 2.26. The summed E-state index contributed by atoms with van der Waals surface area (Å²) >= 11 is 0. The first-order valence-corrected chi connectivity index (χ1v) is 4.25. The highest BCUT2D eigenvalue weighted by Crippen LogP contribution is 2.17. The van der Waals surface area contributed by atoms with E-state index in [9.17, 15) is 4.79 Å². The second-order valence-electron chi connectivity index (χ2n) is 3.12. The summed E-state index contributed by atoms with van der Waals surface area (Å²) in [5.41, 5.74) is 5.36. The van der Waals surface area contributed by atoms with Crippen molar-refractivity contribution in [3.63, 3.8) is 0 Å². The van der Waals surface area contributed by atoms with Gasteiger partial charge in [0.1, 0.15) is 0 Å². The predicted molar refractivity (Wildman–Crippen MR) is 44.1 cm³/mol. The molecule has 0 bridgehead atoms. The van der Waals surface area contributed by atoms with Crippen molar-refractivity contribution < 1.29 is 4.79 Å². The van der Waals surface area contributed by atoms with Gasteiger partial charge in [0, 0.05) is 19.0 Å². The molecule has 64 valence electrons. The van der Waals surface area contributed by atoms with Crippen molar-refractivity contribution in [3.8, 4) is 0 Å². The van der Waals surface area contributed by atoms with Gasteiger partial charge in [-0.2, -0.15) is 0 Å². The summed E-state index contributed by atoms with van der Waals surface area (Å²) in [4.78, 5) is 13.1. The van der Waals surface area contributed by atoms with Crippen molar-refractivity contribution in [2.24, 2.45) is 5.73 Å². The zero-order valence-corrected chi connectivity index (χ0v) is 7.05. The maximum Gasteiger partial charge on any atom is 0.222 e. The Morgan fingerprint density at radius 1 is 1.73 bits per heavy atom. The molecule has 1 fully saturated rings. The number of carbonyl (C=O) groups excluding carboxylic acids is 1. The number of carbonyl (C=O) groups is 1. The Hall–Kier alpha value is -0.570. The van der Waals surface area contributed by atoms with Crippen molar-refractivity contribution in [2.45, 2.75) is 32.2 Å². The Morgan fingerprint density at radius 2 is 2.45 bits per heavy atom. The minimum atomic E-state index is 0.297. The van der Waals surface area contributed by atoms with E-state index in [2.05, 4.69) is 6.92 Å². The fraction of sp³-hybridized carbons (Fsp3) is 0.875. The lowest BCUT2D eigenvalue weighted by Gasteiger charge is -2.20. The zero-order chi connectivity index (χ0) is 8.27. The summed E-state index contributed by atoms with van der Waals surface area (Å²) < 4.78 is 0. The molecule has 11 heavy (non-hydrogen) atoms. The molecule has 1 rings (SSSR count). The Labute approximate surface area is 67.5 Å². The standard InChI is InChI=1S/C8H16N2O/c1-7-3-4-8(11)10(7)6-2-5-9/h7H,2-6,9H2,1H3. The van der Waals surface area contributed by atoms with Gasteiger partial charge in [-0.3, -0.25) is 4.79 Å². The van der Waals surface area contributed by atoms with Crippen LogP contribution >= 0.6 is 0 Å². The minimum absolute atomic E-state index is 0.297. The van der Waals surface area contributed by atoms with Crippen LogP contribution in [0.15, 0.2) is 0 Å². The molecule has 1 amide bonds. The van der Waals surface area contributed by atoms with Crippen molar-refractivity contribution in [2.75, 3.05) is 13.1 Å². The topological polar surface area (TPSA) is 46.3 Å². The lowest BCUT2D eigenvalue weighted by atomic mass is 10.2. The summed E-state index contributed by atoms with van der Waals surface area (Å²) in [6.45, 7) is 3.62. The van der Waals surface area contributed by atoms with E-state index in [0.29, 0.717) is 18.5 Å². The van der Waals surface area contributed by atoms with Crippen molar-refractivity contribution in [1.29, 1.82) is 0 Å². The van der Waals surface area contributed by atoms with Crippen molar-refractivity contribution >= 4 is 5.91 Å². The molecule has 0 aliphatic carbocycles. The van der Waals surface area contributed by atoms with Crippen LogP contribution in [0.2, 0.25) is 0 Å². The molecule has 1 atom stereocenters. The van der Waals surface area contributed by atoms with Crippen molar-refractivity contribution in [1.82, 2.24) is 4.90 Å². The molecular weight excluding hydrogens is 140 g/mol. The second-order valence-corrected chi connectivity index (χ2v) is 3.12. The van der Waals surface area contributed by atoms with Crippen molar-refractivity contribution in [3.05, 3.63) is 0 Å². The van der Waals surface area contributed by atoms with Gasteiger partial charge in [0.05, 0.1) is 0 Å². The summed E-state index contributed by atoms with van der Waals surface area (Å²) in [6, 6.07) is 0.439. The molecule has 0 aromatic carbocycles. The number of nitrogens with two attached hydrogens (primary N) is 1. The van der Waals surface area contributed by atoms with Crippen LogP contribution in [0.5, 0.6) is 0 Å². The fourth-order valence-corrected chi connectivity index (χ4v) is 1.48. The van der Waals surface area contributed by atoms with Gasteiger partial charge in [0.15, 0.2) is 0 Å². The van der Waals surface area contributed by atoms with Gasteiger partial charge < -0.3 is 10.6 Å². The number of rotatable bonds is 3. The van der Waals surface area contributed by atoms with E-state index in [1.165, 1.54) is 0 Å². The summed E-state index contributed by atoms with van der Waals surface area (Å²) in [7, 11) is 0. The highest BCUT2D eigenvalue weighted by atomic mass is 16.2. The maximum absolute atomic E-state index is 11.2. The Kier molecular flexibility index (Phi) is 2.88. The first-order valence-electron chi connectivity index (χ1n) is 4.25. The predicted octanol–water partition coefficient (Wildman–Crippen LogP) is 0.346. The molecule has 1 aliphatic rings. The highest BCUT2D eigenvalue weighted by molar-refractivity contribution is 5.78. The van der Waals surface area contributed by atoms with Gasteiger partial charge in [-0.15, -0.1) is 0 Å². The van der Waals surface area contributed by atoms with E-state index < -0.39 is 0 Å². The van der Waals surface area contributed by atoms with Gasteiger partial charge in [-0.25, -0.2) is 0 Å². The third kappa shape index (κ3) is 1.93. The third-order valence-electron chi connectivity index (χ3n) is 2.23. The molecule has 0 radical (unpaired) electrons. The second kappa shape index (κ2) is 3.72. The first-order chi connectivity index (χ1) is 5.25. The van der Waals surface area contributed by atoms with E-state index in [-0.39, 0.29) is 0 Å². The lowest BCUT2D eigenvalue weighted by Crippen LogP contribution is -2.32. The zero-order valence-electron chi connectivity index (χ0n) is 7.05. The van der Waals surface area contributed by atoms with Crippen LogP contribution in [0.4, 0.5) is 0 Å². The van der Waals surface area contributed by atoms with Crippen LogP contribution < -0.4 is 5.73 Å². The molecule has 3 nitrogen and oxygen atoms in total. The molecule has 1 unspecified atom stereocenters. The van der Waals surface area contributed by atoms with Gasteiger partial charge in [0.25, 0.3) is 0 Å². The molecule has 1 heterocycles. The average Bonchev–Trinajstić information content (AvgIpc) is 2.29. The third-order valence-corrected chi connectivity index (χ3v) is 2.23. The van der Waals surface area contributed by atoms with Crippen LogP contribution in [0, 0.1) is 0 Å². The SMILES string of the molecule is CC1CCC(=O)N1CCCN. The van der Waals surface area contributed by atoms with E-state index >= 15 is 0 Å². The molecule has 2 N–H and O–H groups in total. The number of hydrogen-bond acceptors (Lipinski definition) is 2. The Balaban J connectivity index is 2.35. The number of hydrogen-bond donors (Lipinski definition) is 1. The van der Waals surface area contributed by atoms with Crippen LogP contribution in [0.3, 0.4) is 0 Å². The molecule has 1 aliphatic heterocycles. The van der Waals surface area contributed by atoms with Gasteiger partial charge in [0.2, 0.25) is 5.91 Å². The molecule has 0 aromatic heterocycles. The number of amides is 1. The molecular formula is C8H16N2O. The van der Waals surface area contributed by atoms with E-state index in [0.717, 1.165) is 25.8 Å². The van der Waals surface area contributed by atoms with Crippen LogP contribution in [0.1, 0.15) is 26.2 Å². The van der Waals surface area contributed by atoms with E-state index in [1.54, 1.807) is 0 Å². The average molecular weight is 156 g/mol. The van der Waals surface area contributed by atoms with E-state index in [1.807, 2.05) is 4.90 Å². The molecule has 3 heteroatoms. The summed E-state index contributed by atoms with van der Waals surface area (Å²) in [5.74, 6) is 0.297. The quantitative estimate of drug-likeness (QED) is 0.640. The fourth-order valence-electron chi connectivity index (χ4n) is 1.48. The smallest absolute Gasteiger partial charge is 0.222 e. The van der Waals surface area contributed by atoms with E-state index in [4.69, 9.17) is 5.73 Å². The minimum Gasteiger partial charge on any atom is -0.340 e. The normalized spacial score (nSPS) is 24.7. The van der Waals surface area contributed by atoms with Gasteiger partial charge >= 0.3 is 0 Å². The van der Waals surface area contributed by atoms with Crippen LogP contribution in [-0.2, 0) is 4.79 Å². The van der Waals surface area contributed by atoms with Gasteiger partial charge in [-0.05, 0) is 26.3 Å². The Morgan fingerprint density at radius 3 is 2.91 bits per heavy atom. The van der Waals surface area contributed by atoms with Gasteiger partial charge in [-0.1, -0.05) is 0 Å². The molecule has 1 saturated heterocycles. The maximum atomic E-state index is 11.2.